The van der Waals surface area contributed by atoms with Gasteiger partial charge in [-0.15, -0.1) is 0 Å². The zero-order chi connectivity index (χ0) is 21.2. The number of nitrogens with one attached hydrogen (secondary N) is 3. The lowest BCUT2D eigenvalue weighted by atomic mass is 10.1. The predicted molar refractivity (Wildman–Crippen MR) is 118 cm³/mol. The van der Waals surface area contributed by atoms with E-state index in [1.54, 1.807) is 11.8 Å². The molecule has 0 aliphatic heterocycles. The number of aryl methyl sites for hydroxylation is 2. The summed E-state index contributed by atoms with van der Waals surface area (Å²) < 4.78 is 0. The standard InChI is InChI=1S/C23H31N5O/c1-3-18-9-11-20(12-10-18)16-28(22(26)15-27-23(29)17(2)24)21(25)14-13-19-7-5-4-6-8-19/h4-12,17,25-26H,3,13-16,24H2,1-2H3,(H,27,29). The van der Waals surface area contributed by atoms with Gasteiger partial charge in [-0.2, -0.15) is 0 Å². The largest absolute Gasteiger partial charge is 0.348 e. The van der Waals surface area contributed by atoms with Gasteiger partial charge in [0.2, 0.25) is 5.91 Å². The van der Waals surface area contributed by atoms with E-state index in [1.807, 2.05) is 42.5 Å². The molecule has 2 aromatic rings. The highest BCUT2D eigenvalue weighted by atomic mass is 16.2. The molecule has 6 nitrogen and oxygen atoms in total. The van der Waals surface area contributed by atoms with Crippen molar-refractivity contribution in [2.75, 3.05) is 6.54 Å². The van der Waals surface area contributed by atoms with Gasteiger partial charge in [0.1, 0.15) is 11.7 Å². The molecule has 0 fully saturated rings. The minimum Gasteiger partial charge on any atom is -0.348 e. The molecule has 1 atom stereocenters. The first-order valence-electron chi connectivity index (χ1n) is 9.98. The Labute approximate surface area is 173 Å². The molecule has 0 spiro atoms. The van der Waals surface area contributed by atoms with Crippen LogP contribution >= 0.6 is 0 Å². The van der Waals surface area contributed by atoms with Crippen molar-refractivity contribution in [3.63, 3.8) is 0 Å². The van der Waals surface area contributed by atoms with Crippen LogP contribution in [0.3, 0.4) is 0 Å². The summed E-state index contributed by atoms with van der Waals surface area (Å²) in [4.78, 5) is 13.4. The van der Waals surface area contributed by atoms with Crippen molar-refractivity contribution in [1.82, 2.24) is 10.2 Å². The van der Waals surface area contributed by atoms with Gasteiger partial charge in [-0.05, 0) is 36.5 Å². The average molecular weight is 394 g/mol. The zero-order valence-electron chi connectivity index (χ0n) is 17.2. The summed E-state index contributed by atoms with van der Waals surface area (Å²) in [7, 11) is 0. The van der Waals surface area contributed by atoms with Crippen LogP contribution in [-0.2, 0) is 24.2 Å². The van der Waals surface area contributed by atoms with Crippen LogP contribution in [0, 0.1) is 10.8 Å². The fraction of sp³-hybridized carbons (Fsp3) is 0.348. The number of carbonyl (C=O) groups is 1. The first-order chi connectivity index (χ1) is 13.9. The zero-order valence-corrected chi connectivity index (χ0v) is 17.2. The smallest absolute Gasteiger partial charge is 0.237 e. The minimum atomic E-state index is -0.629. The van der Waals surface area contributed by atoms with Crippen LogP contribution in [0.2, 0.25) is 0 Å². The molecule has 0 saturated carbocycles. The van der Waals surface area contributed by atoms with Crippen LogP contribution < -0.4 is 11.1 Å². The van der Waals surface area contributed by atoms with Gasteiger partial charge in [-0.3, -0.25) is 15.6 Å². The van der Waals surface area contributed by atoms with E-state index in [4.69, 9.17) is 16.6 Å². The Hall–Kier alpha value is -2.99. The van der Waals surface area contributed by atoms with Crippen molar-refractivity contribution in [2.45, 2.75) is 45.7 Å². The van der Waals surface area contributed by atoms with Crippen molar-refractivity contribution in [3.8, 4) is 0 Å². The van der Waals surface area contributed by atoms with E-state index in [9.17, 15) is 4.79 Å². The fourth-order valence-electron chi connectivity index (χ4n) is 2.89. The van der Waals surface area contributed by atoms with Crippen LogP contribution in [-0.4, -0.2) is 35.1 Å². The highest BCUT2D eigenvalue weighted by molar-refractivity contribution is 6.00. The summed E-state index contributed by atoms with van der Waals surface area (Å²) in [6, 6.07) is 17.6. The molecule has 2 rings (SSSR count). The lowest BCUT2D eigenvalue weighted by molar-refractivity contribution is -0.121. The fourth-order valence-corrected chi connectivity index (χ4v) is 2.89. The molecule has 2 aromatic carbocycles. The summed E-state index contributed by atoms with van der Waals surface area (Å²) in [5, 5.41) is 19.7. The Bertz CT molecular complexity index is 815. The molecule has 0 saturated heterocycles. The van der Waals surface area contributed by atoms with Gasteiger partial charge in [0, 0.05) is 6.42 Å². The second-order valence-corrected chi connectivity index (χ2v) is 7.14. The van der Waals surface area contributed by atoms with Crippen molar-refractivity contribution in [1.29, 1.82) is 10.8 Å². The summed E-state index contributed by atoms with van der Waals surface area (Å²) in [5.41, 5.74) is 9.01. The number of hydrogen-bond acceptors (Lipinski definition) is 4. The van der Waals surface area contributed by atoms with Gasteiger partial charge in [-0.1, -0.05) is 61.5 Å². The molecule has 154 valence electrons. The van der Waals surface area contributed by atoms with Crippen molar-refractivity contribution in [2.24, 2.45) is 5.73 Å². The van der Waals surface area contributed by atoms with Crippen LogP contribution in [0.5, 0.6) is 0 Å². The maximum absolute atomic E-state index is 11.8. The van der Waals surface area contributed by atoms with E-state index in [-0.39, 0.29) is 18.3 Å². The van der Waals surface area contributed by atoms with Gasteiger partial charge < -0.3 is 16.0 Å². The van der Waals surface area contributed by atoms with E-state index in [0.29, 0.717) is 18.8 Å². The monoisotopic (exact) mass is 393 g/mol. The second kappa shape index (κ2) is 11.1. The SMILES string of the molecule is CCc1ccc(CN(C(=N)CCc2ccccc2)C(=N)CNC(=O)C(C)N)cc1. The van der Waals surface area contributed by atoms with Crippen LogP contribution in [0.15, 0.2) is 54.6 Å². The third-order valence-corrected chi connectivity index (χ3v) is 4.76. The Morgan fingerprint density at radius 2 is 1.62 bits per heavy atom. The lowest BCUT2D eigenvalue weighted by Gasteiger charge is -2.26. The van der Waals surface area contributed by atoms with Crippen LogP contribution in [0.1, 0.15) is 37.0 Å². The van der Waals surface area contributed by atoms with Crippen molar-refractivity contribution in [3.05, 3.63) is 71.3 Å². The maximum atomic E-state index is 11.8. The van der Waals surface area contributed by atoms with E-state index >= 15 is 0 Å². The van der Waals surface area contributed by atoms with Gasteiger partial charge in [0.05, 0.1) is 19.1 Å². The molecule has 0 aliphatic rings. The van der Waals surface area contributed by atoms with Crippen molar-refractivity contribution < 1.29 is 4.79 Å². The molecule has 29 heavy (non-hydrogen) atoms. The maximum Gasteiger partial charge on any atom is 0.237 e. The predicted octanol–water partition coefficient (Wildman–Crippen LogP) is 3.10. The van der Waals surface area contributed by atoms with E-state index < -0.39 is 6.04 Å². The Kier molecular flexibility index (Phi) is 8.55. The van der Waals surface area contributed by atoms with E-state index in [0.717, 1.165) is 24.0 Å². The normalized spacial score (nSPS) is 11.6. The number of amidine groups is 2. The molecule has 0 radical (unpaired) electrons. The Balaban J connectivity index is 2.08. The summed E-state index contributed by atoms with van der Waals surface area (Å²) >= 11 is 0. The molecule has 0 aliphatic carbocycles. The van der Waals surface area contributed by atoms with E-state index in [2.05, 4.69) is 24.4 Å². The first-order valence-corrected chi connectivity index (χ1v) is 9.98. The molecule has 1 unspecified atom stereocenters. The first kappa shape index (κ1) is 22.3. The van der Waals surface area contributed by atoms with Crippen LogP contribution in [0.25, 0.3) is 0 Å². The molecule has 0 bridgehead atoms. The highest BCUT2D eigenvalue weighted by Gasteiger charge is 2.17. The molecule has 1 amide bonds. The molecule has 5 N–H and O–H groups in total. The van der Waals surface area contributed by atoms with E-state index in [1.165, 1.54) is 5.56 Å². The number of nitrogens with zero attached hydrogens (tertiary/aromatic N) is 1. The number of nitrogens with two attached hydrogens (primary N) is 1. The Morgan fingerprint density at radius 1 is 1.00 bits per heavy atom. The second-order valence-electron chi connectivity index (χ2n) is 7.14. The third-order valence-electron chi connectivity index (χ3n) is 4.76. The third kappa shape index (κ3) is 7.16. The molecule has 0 heterocycles. The van der Waals surface area contributed by atoms with Crippen LogP contribution in [0.4, 0.5) is 0 Å². The topological polar surface area (TPSA) is 106 Å². The molecular formula is C23H31N5O. The van der Waals surface area contributed by atoms with Gasteiger partial charge in [-0.25, -0.2) is 0 Å². The molecule has 6 heteroatoms. The molecule has 0 aromatic heterocycles. The minimum absolute atomic E-state index is 0.0428. The summed E-state index contributed by atoms with van der Waals surface area (Å²) in [6.07, 6.45) is 2.21. The number of benzene rings is 2. The Morgan fingerprint density at radius 3 is 2.21 bits per heavy atom. The van der Waals surface area contributed by atoms with Gasteiger partial charge in [0.25, 0.3) is 0 Å². The quantitative estimate of drug-likeness (QED) is 0.388. The van der Waals surface area contributed by atoms with Crippen molar-refractivity contribution >= 4 is 17.6 Å². The highest BCUT2D eigenvalue weighted by Crippen LogP contribution is 2.12. The van der Waals surface area contributed by atoms with Gasteiger partial charge >= 0.3 is 0 Å². The number of carbonyl (C=O) groups excluding carboxylic acids is 1. The number of hydrogen-bond donors (Lipinski definition) is 4. The number of rotatable bonds is 9. The average Bonchev–Trinajstić information content (AvgIpc) is 2.74. The summed E-state index contributed by atoms with van der Waals surface area (Å²) in [6.45, 7) is 4.18. The lowest BCUT2D eigenvalue weighted by Crippen LogP contribution is -2.46. The summed E-state index contributed by atoms with van der Waals surface area (Å²) in [5.74, 6) is 0.225. The number of amides is 1. The molecular weight excluding hydrogens is 362 g/mol. The van der Waals surface area contributed by atoms with Gasteiger partial charge in [0.15, 0.2) is 0 Å².